The van der Waals surface area contributed by atoms with E-state index in [9.17, 15) is 4.79 Å². The Balaban J connectivity index is 0.00000256. The standard InChI is InChI=1S/C11H22N2O3.ClH/c1-9(16-3)10(14)12-7-11(8-15-2)5-4-6-13-11;/h9,13H,4-8H2,1-3H3,(H,12,14);1H. The number of rotatable bonds is 6. The van der Waals surface area contributed by atoms with E-state index in [4.69, 9.17) is 9.47 Å². The number of hydrogen-bond donors (Lipinski definition) is 2. The number of nitrogens with one attached hydrogen (secondary N) is 2. The van der Waals surface area contributed by atoms with E-state index in [0.29, 0.717) is 13.2 Å². The first-order valence-electron chi connectivity index (χ1n) is 5.68. The summed E-state index contributed by atoms with van der Waals surface area (Å²) < 4.78 is 10.2. The van der Waals surface area contributed by atoms with Gasteiger partial charge in [0.1, 0.15) is 6.10 Å². The Morgan fingerprint density at radius 1 is 1.53 bits per heavy atom. The monoisotopic (exact) mass is 266 g/mol. The van der Waals surface area contributed by atoms with Crippen LogP contribution in [0.15, 0.2) is 0 Å². The van der Waals surface area contributed by atoms with Gasteiger partial charge in [0, 0.05) is 20.8 Å². The molecule has 1 rings (SSSR count). The van der Waals surface area contributed by atoms with Crippen LogP contribution in [-0.2, 0) is 14.3 Å². The van der Waals surface area contributed by atoms with E-state index >= 15 is 0 Å². The summed E-state index contributed by atoms with van der Waals surface area (Å²) in [5.74, 6) is -0.0771. The molecule has 0 aliphatic carbocycles. The molecule has 1 saturated heterocycles. The van der Waals surface area contributed by atoms with Gasteiger partial charge in [0.05, 0.1) is 12.1 Å². The summed E-state index contributed by atoms with van der Waals surface area (Å²) >= 11 is 0. The molecule has 5 nitrogen and oxygen atoms in total. The highest BCUT2D eigenvalue weighted by Gasteiger charge is 2.34. The van der Waals surface area contributed by atoms with Crippen molar-refractivity contribution in [1.29, 1.82) is 0 Å². The number of carbonyl (C=O) groups is 1. The number of halogens is 1. The van der Waals surface area contributed by atoms with Crippen LogP contribution in [0.25, 0.3) is 0 Å². The van der Waals surface area contributed by atoms with Gasteiger partial charge in [-0.3, -0.25) is 4.79 Å². The van der Waals surface area contributed by atoms with Gasteiger partial charge in [-0.2, -0.15) is 0 Å². The molecular formula is C11H23ClN2O3. The SMILES string of the molecule is COCC1(CNC(=O)C(C)OC)CCCN1.Cl. The minimum Gasteiger partial charge on any atom is -0.383 e. The number of carbonyl (C=O) groups excluding carboxylic acids is 1. The summed E-state index contributed by atoms with van der Waals surface area (Å²) in [6.07, 6.45) is 1.75. The Morgan fingerprint density at radius 3 is 2.71 bits per heavy atom. The summed E-state index contributed by atoms with van der Waals surface area (Å²) in [6, 6.07) is 0. The fourth-order valence-electron chi connectivity index (χ4n) is 1.98. The molecule has 2 atom stereocenters. The van der Waals surface area contributed by atoms with Gasteiger partial charge in [-0.15, -0.1) is 12.4 Å². The highest BCUT2D eigenvalue weighted by atomic mass is 35.5. The van der Waals surface area contributed by atoms with Crippen LogP contribution in [-0.4, -0.2) is 51.5 Å². The second kappa shape index (κ2) is 7.87. The average molecular weight is 267 g/mol. The van der Waals surface area contributed by atoms with Gasteiger partial charge in [-0.25, -0.2) is 0 Å². The Morgan fingerprint density at radius 2 is 2.24 bits per heavy atom. The van der Waals surface area contributed by atoms with Gasteiger partial charge in [0.2, 0.25) is 5.91 Å². The summed E-state index contributed by atoms with van der Waals surface area (Å²) in [6.45, 7) is 3.93. The van der Waals surface area contributed by atoms with Gasteiger partial charge in [-0.05, 0) is 26.3 Å². The van der Waals surface area contributed by atoms with Gasteiger partial charge in [0.25, 0.3) is 0 Å². The second-order valence-electron chi connectivity index (χ2n) is 4.34. The lowest BCUT2D eigenvalue weighted by Crippen LogP contribution is -2.54. The molecular weight excluding hydrogens is 244 g/mol. The van der Waals surface area contributed by atoms with Crippen molar-refractivity contribution in [2.45, 2.75) is 31.4 Å². The van der Waals surface area contributed by atoms with Crippen LogP contribution in [0.4, 0.5) is 0 Å². The predicted molar refractivity (Wildman–Crippen MR) is 68.6 cm³/mol. The van der Waals surface area contributed by atoms with Crippen LogP contribution in [0.3, 0.4) is 0 Å². The molecule has 2 N–H and O–H groups in total. The van der Waals surface area contributed by atoms with Gasteiger partial charge >= 0.3 is 0 Å². The maximum Gasteiger partial charge on any atom is 0.248 e. The molecule has 0 saturated carbocycles. The zero-order valence-electron chi connectivity index (χ0n) is 10.7. The Labute approximate surface area is 109 Å². The maximum absolute atomic E-state index is 11.6. The molecule has 0 bridgehead atoms. The van der Waals surface area contributed by atoms with Crippen LogP contribution < -0.4 is 10.6 Å². The van der Waals surface area contributed by atoms with Gasteiger partial charge in [0.15, 0.2) is 0 Å². The van der Waals surface area contributed by atoms with E-state index in [1.165, 1.54) is 7.11 Å². The van der Waals surface area contributed by atoms with Gasteiger partial charge < -0.3 is 20.1 Å². The molecule has 17 heavy (non-hydrogen) atoms. The van der Waals surface area contributed by atoms with Crippen molar-refractivity contribution in [3.8, 4) is 0 Å². The molecule has 0 aromatic carbocycles. The van der Waals surface area contributed by atoms with Crippen molar-refractivity contribution in [3.05, 3.63) is 0 Å². The lowest BCUT2D eigenvalue weighted by molar-refractivity contribution is -0.130. The minimum atomic E-state index is -0.402. The molecule has 6 heteroatoms. The zero-order chi connectivity index (χ0) is 12.0. The number of amides is 1. The van der Waals surface area contributed by atoms with Crippen molar-refractivity contribution in [2.75, 3.05) is 33.9 Å². The number of methoxy groups -OCH3 is 2. The summed E-state index contributed by atoms with van der Waals surface area (Å²) in [5, 5.41) is 6.30. The first-order chi connectivity index (χ1) is 7.63. The third kappa shape index (κ3) is 4.79. The molecule has 0 radical (unpaired) electrons. The van der Waals surface area contributed by atoms with Crippen molar-refractivity contribution in [1.82, 2.24) is 10.6 Å². The van der Waals surface area contributed by atoms with Gasteiger partial charge in [-0.1, -0.05) is 0 Å². The lowest BCUT2D eigenvalue weighted by atomic mass is 9.98. The Hall–Kier alpha value is -0.360. The molecule has 1 heterocycles. The van der Waals surface area contributed by atoms with Crippen LogP contribution in [0, 0.1) is 0 Å². The predicted octanol–water partition coefficient (Wildman–Crippen LogP) is 0.328. The van der Waals surface area contributed by atoms with Crippen molar-refractivity contribution >= 4 is 18.3 Å². The number of hydrogen-bond acceptors (Lipinski definition) is 4. The number of ether oxygens (including phenoxy) is 2. The summed E-state index contributed by atoms with van der Waals surface area (Å²) in [5.41, 5.74) is -0.0993. The summed E-state index contributed by atoms with van der Waals surface area (Å²) in [4.78, 5) is 11.6. The van der Waals surface area contributed by atoms with Crippen LogP contribution in [0.1, 0.15) is 19.8 Å². The van der Waals surface area contributed by atoms with Crippen LogP contribution in [0.2, 0.25) is 0 Å². The molecule has 0 aromatic rings. The molecule has 0 spiro atoms. The average Bonchev–Trinajstić information content (AvgIpc) is 2.74. The zero-order valence-corrected chi connectivity index (χ0v) is 11.6. The minimum absolute atomic E-state index is 0. The third-order valence-corrected chi connectivity index (χ3v) is 3.08. The third-order valence-electron chi connectivity index (χ3n) is 3.08. The molecule has 102 valence electrons. The topological polar surface area (TPSA) is 59.6 Å². The van der Waals surface area contributed by atoms with E-state index in [1.807, 2.05) is 0 Å². The molecule has 1 amide bonds. The normalized spacial score (nSPS) is 25.1. The fourth-order valence-corrected chi connectivity index (χ4v) is 1.98. The van der Waals surface area contributed by atoms with Crippen LogP contribution >= 0.6 is 12.4 Å². The van der Waals surface area contributed by atoms with E-state index in [-0.39, 0.29) is 23.9 Å². The molecule has 1 aliphatic rings. The maximum atomic E-state index is 11.6. The van der Waals surface area contributed by atoms with Crippen molar-refractivity contribution < 1.29 is 14.3 Å². The van der Waals surface area contributed by atoms with E-state index in [0.717, 1.165) is 19.4 Å². The lowest BCUT2D eigenvalue weighted by Gasteiger charge is -2.29. The Kier molecular flexibility index (Phi) is 7.70. The highest BCUT2D eigenvalue weighted by molar-refractivity contribution is 5.85. The molecule has 0 aromatic heterocycles. The molecule has 1 fully saturated rings. The Bertz CT molecular complexity index is 233. The van der Waals surface area contributed by atoms with Crippen LogP contribution in [0.5, 0.6) is 0 Å². The quantitative estimate of drug-likeness (QED) is 0.727. The largest absolute Gasteiger partial charge is 0.383 e. The highest BCUT2D eigenvalue weighted by Crippen LogP contribution is 2.18. The van der Waals surface area contributed by atoms with E-state index < -0.39 is 6.10 Å². The van der Waals surface area contributed by atoms with E-state index in [2.05, 4.69) is 10.6 Å². The second-order valence-corrected chi connectivity index (χ2v) is 4.34. The first-order valence-corrected chi connectivity index (χ1v) is 5.68. The fraction of sp³-hybridized carbons (Fsp3) is 0.909. The summed E-state index contributed by atoms with van der Waals surface area (Å²) in [7, 11) is 3.21. The molecule has 2 unspecified atom stereocenters. The van der Waals surface area contributed by atoms with Crippen molar-refractivity contribution in [3.63, 3.8) is 0 Å². The first kappa shape index (κ1) is 16.6. The molecule has 1 aliphatic heterocycles. The van der Waals surface area contributed by atoms with Crippen molar-refractivity contribution in [2.24, 2.45) is 0 Å². The van der Waals surface area contributed by atoms with E-state index in [1.54, 1.807) is 14.0 Å². The smallest absolute Gasteiger partial charge is 0.248 e.